The molecule has 1 aromatic carbocycles. The van der Waals surface area contributed by atoms with Crippen LogP contribution in [0.4, 0.5) is 0 Å². The highest BCUT2D eigenvalue weighted by atomic mass is 16.5. The molecule has 0 N–H and O–H groups in total. The Labute approximate surface area is 83.9 Å². The maximum absolute atomic E-state index is 5.17. The first-order chi connectivity index (χ1) is 6.90. The average Bonchev–Trinajstić information content (AvgIpc) is 2.30. The van der Waals surface area contributed by atoms with Gasteiger partial charge in [-0.3, -0.25) is 4.99 Å². The molecule has 0 bridgehead atoms. The fraction of sp³-hybridized carbons (Fsp3) is 0.250. The SMILES string of the molecule is COc1cccc(C2=CCCC=N2)c1. The molecule has 0 aliphatic carbocycles. The zero-order valence-corrected chi connectivity index (χ0v) is 8.23. The summed E-state index contributed by atoms with van der Waals surface area (Å²) in [6.07, 6.45) is 6.26. The third-order valence-electron chi connectivity index (χ3n) is 2.23. The quantitative estimate of drug-likeness (QED) is 0.697. The molecule has 2 nitrogen and oxygen atoms in total. The number of aliphatic imine (C=N–C) groups is 1. The molecule has 1 aliphatic rings. The lowest BCUT2D eigenvalue weighted by Crippen LogP contribution is -1.90. The fourth-order valence-corrected chi connectivity index (χ4v) is 1.48. The molecule has 0 fully saturated rings. The van der Waals surface area contributed by atoms with Crippen LogP contribution in [0.1, 0.15) is 18.4 Å². The average molecular weight is 187 g/mol. The summed E-state index contributed by atoms with van der Waals surface area (Å²) in [6.45, 7) is 0. The van der Waals surface area contributed by atoms with Gasteiger partial charge in [0, 0.05) is 11.8 Å². The van der Waals surface area contributed by atoms with E-state index in [0.29, 0.717) is 0 Å². The van der Waals surface area contributed by atoms with Crippen molar-refractivity contribution in [3.05, 3.63) is 35.9 Å². The van der Waals surface area contributed by atoms with Crippen molar-refractivity contribution >= 4 is 11.9 Å². The van der Waals surface area contributed by atoms with Gasteiger partial charge < -0.3 is 4.74 Å². The molecule has 0 amide bonds. The second-order valence-electron chi connectivity index (χ2n) is 3.21. The molecule has 0 atom stereocenters. The van der Waals surface area contributed by atoms with E-state index in [-0.39, 0.29) is 0 Å². The van der Waals surface area contributed by atoms with Crippen molar-refractivity contribution < 1.29 is 4.74 Å². The molecule has 1 aromatic rings. The Bertz CT molecular complexity index is 380. The molecular weight excluding hydrogens is 174 g/mol. The summed E-state index contributed by atoms with van der Waals surface area (Å²) in [5.74, 6) is 0.879. The van der Waals surface area contributed by atoms with E-state index in [1.807, 2.05) is 24.4 Å². The van der Waals surface area contributed by atoms with E-state index in [0.717, 1.165) is 29.9 Å². The number of hydrogen-bond acceptors (Lipinski definition) is 2. The van der Waals surface area contributed by atoms with E-state index >= 15 is 0 Å². The van der Waals surface area contributed by atoms with Crippen molar-refractivity contribution in [2.75, 3.05) is 7.11 Å². The summed E-state index contributed by atoms with van der Waals surface area (Å²) in [6, 6.07) is 7.99. The van der Waals surface area contributed by atoms with Gasteiger partial charge in [0.25, 0.3) is 0 Å². The van der Waals surface area contributed by atoms with Gasteiger partial charge in [0.1, 0.15) is 5.75 Å². The van der Waals surface area contributed by atoms with Crippen LogP contribution in [0.3, 0.4) is 0 Å². The Morgan fingerprint density at radius 1 is 1.29 bits per heavy atom. The van der Waals surface area contributed by atoms with Crippen LogP contribution in [0.5, 0.6) is 5.75 Å². The minimum absolute atomic E-state index is 0.879. The van der Waals surface area contributed by atoms with Crippen LogP contribution < -0.4 is 4.74 Å². The Morgan fingerprint density at radius 2 is 2.21 bits per heavy atom. The van der Waals surface area contributed by atoms with Crippen molar-refractivity contribution in [3.63, 3.8) is 0 Å². The van der Waals surface area contributed by atoms with E-state index in [4.69, 9.17) is 4.74 Å². The number of allylic oxidation sites excluding steroid dienone is 1. The smallest absolute Gasteiger partial charge is 0.119 e. The van der Waals surface area contributed by atoms with Crippen LogP contribution in [0.2, 0.25) is 0 Å². The fourth-order valence-electron chi connectivity index (χ4n) is 1.48. The summed E-state index contributed by atoms with van der Waals surface area (Å²) >= 11 is 0. The summed E-state index contributed by atoms with van der Waals surface area (Å²) in [4.78, 5) is 4.36. The Morgan fingerprint density at radius 3 is 2.93 bits per heavy atom. The van der Waals surface area contributed by atoms with Crippen molar-refractivity contribution in [2.45, 2.75) is 12.8 Å². The highest BCUT2D eigenvalue weighted by molar-refractivity contribution is 5.76. The third-order valence-corrected chi connectivity index (χ3v) is 2.23. The second kappa shape index (κ2) is 4.09. The Balaban J connectivity index is 2.31. The van der Waals surface area contributed by atoms with Gasteiger partial charge >= 0.3 is 0 Å². The van der Waals surface area contributed by atoms with Gasteiger partial charge in [-0.15, -0.1) is 0 Å². The monoisotopic (exact) mass is 187 g/mol. The van der Waals surface area contributed by atoms with E-state index in [1.54, 1.807) is 7.11 Å². The highest BCUT2D eigenvalue weighted by Gasteiger charge is 2.02. The molecule has 0 spiro atoms. The number of hydrogen-bond donors (Lipinski definition) is 0. The zero-order chi connectivity index (χ0) is 9.80. The molecule has 2 rings (SSSR count). The summed E-state index contributed by atoms with van der Waals surface area (Å²) in [5.41, 5.74) is 2.18. The molecule has 0 unspecified atom stereocenters. The number of methoxy groups -OCH3 is 1. The van der Waals surface area contributed by atoms with Crippen molar-refractivity contribution in [1.29, 1.82) is 0 Å². The molecule has 0 saturated heterocycles. The minimum Gasteiger partial charge on any atom is -0.497 e. The van der Waals surface area contributed by atoms with Crippen molar-refractivity contribution in [3.8, 4) is 5.75 Å². The molecule has 14 heavy (non-hydrogen) atoms. The molecule has 1 aliphatic heterocycles. The predicted molar refractivity (Wildman–Crippen MR) is 58.7 cm³/mol. The standard InChI is InChI=1S/C12H13NO/c1-14-11-6-4-5-10(9-11)12-7-2-3-8-13-12/h4-9H,2-3H2,1H3. The second-order valence-corrected chi connectivity index (χ2v) is 3.21. The van der Waals surface area contributed by atoms with Gasteiger partial charge in [-0.05, 0) is 25.0 Å². The van der Waals surface area contributed by atoms with Gasteiger partial charge in [-0.25, -0.2) is 0 Å². The first kappa shape index (κ1) is 9.00. The molecule has 1 heterocycles. The molecule has 0 saturated carbocycles. The van der Waals surface area contributed by atoms with Crippen molar-refractivity contribution in [1.82, 2.24) is 0 Å². The van der Waals surface area contributed by atoms with Gasteiger partial charge in [0.15, 0.2) is 0 Å². The van der Waals surface area contributed by atoms with Crippen LogP contribution in [0, 0.1) is 0 Å². The Hall–Kier alpha value is -1.57. The van der Waals surface area contributed by atoms with Crippen LogP contribution >= 0.6 is 0 Å². The van der Waals surface area contributed by atoms with E-state index < -0.39 is 0 Å². The Kier molecular flexibility index (Phi) is 2.63. The summed E-state index contributed by atoms with van der Waals surface area (Å²) < 4.78 is 5.17. The number of rotatable bonds is 2. The number of nitrogens with zero attached hydrogens (tertiary/aromatic N) is 1. The largest absolute Gasteiger partial charge is 0.497 e. The normalized spacial score (nSPS) is 15.1. The van der Waals surface area contributed by atoms with Crippen LogP contribution in [-0.2, 0) is 0 Å². The van der Waals surface area contributed by atoms with Gasteiger partial charge in [-0.2, -0.15) is 0 Å². The van der Waals surface area contributed by atoms with E-state index in [2.05, 4.69) is 17.1 Å². The molecule has 0 aromatic heterocycles. The topological polar surface area (TPSA) is 21.6 Å². The van der Waals surface area contributed by atoms with Gasteiger partial charge in [0.2, 0.25) is 0 Å². The lowest BCUT2D eigenvalue weighted by atomic mass is 10.1. The van der Waals surface area contributed by atoms with Gasteiger partial charge in [0.05, 0.1) is 12.8 Å². The van der Waals surface area contributed by atoms with E-state index in [9.17, 15) is 0 Å². The molecular formula is C12H13NO. The van der Waals surface area contributed by atoms with Crippen LogP contribution in [-0.4, -0.2) is 13.3 Å². The number of ether oxygens (including phenoxy) is 1. The first-order valence-corrected chi connectivity index (χ1v) is 4.77. The maximum atomic E-state index is 5.17. The van der Waals surface area contributed by atoms with Crippen LogP contribution in [0.15, 0.2) is 35.3 Å². The predicted octanol–water partition coefficient (Wildman–Crippen LogP) is 2.90. The molecule has 2 heteroatoms. The highest BCUT2D eigenvalue weighted by Crippen LogP contribution is 2.23. The van der Waals surface area contributed by atoms with Crippen molar-refractivity contribution in [2.24, 2.45) is 4.99 Å². The van der Waals surface area contributed by atoms with Gasteiger partial charge in [-0.1, -0.05) is 18.2 Å². The minimum atomic E-state index is 0.879. The first-order valence-electron chi connectivity index (χ1n) is 4.77. The molecule has 0 radical (unpaired) electrons. The molecule has 72 valence electrons. The van der Waals surface area contributed by atoms with Crippen LogP contribution in [0.25, 0.3) is 5.70 Å². The van der Waals surface area contributed by atoms with E-state index in [1.165, 1.54) is 0 Å². The maximum Gasteiger partial charge on any atom is 0.119 e. The lowest BCUT2D eigenvalue weighted by molar-refractivity contribution is 0.414. The lowest BCUT2D eigenvalue weighted by Gasteiger charge is -2.07. The third kappa shape index (κ3) is 1.84. The summed E-state index contributed by atoms with van der Waals surface area (Å²) in [5, 5.41) is 0. The number of benzene rings is 1. The zero-order valence-electron chi connectivity index (χ0n) is 8.23. The summed E-state index contributed by atoms with van der Waals surface area (Å²) in [7, 11) is 1.68.